The molecule has 0 fully saturated rings. The van der Waals surface area contributed by atoms with Crippen LogP contribution >= 0.6 is 0 Å². The zero-order valence-corrected chi connectivity index (χ0v) is 13.1. The third kappa shape index (κ3) is 2.75. The summed E-state index contributed by atoms with van der Waals surface area (Å²) >= 11 is 0. The fourth-order valence-corrected chi connectivity index (χ4v) is 2.69. The molecule has 1 aliphatic heterocycles. The largest absolute Gasteiger partial charge is 0.415 e. The van der Waals surface area contributed by atoms with Crippen molar-refractivity contribution in [2.45, 2.75) is 19.5 Å². The standard InChI is InChI=1S/C15H12F2N6O2/c1-22-5-8(3-19-22)6-23-7-11-10(15(23)24)2-9(4-18-11)13-20-21-14(25-13)12(16)17/h2-5,12H,6-7H2,1H3. The topological polar surface area (TPSA) is 89.9 Å². The fourth-order valence-electron chi connectivity index (χ4n) is 2.69. The number of amides is 1. The van der Waals surface area contributed by atoms with E-state index in [1.165, 1.54) is 12.3 Å². The molecule has 128 valence electrons. The van der Waals surface area contributed by atoms with Crippen molar-refractivity contribution >= 4 is 5.91 Å². The Morgan fingerprint density at radius 1 is 1.32 bits per heavy atom. The highest BCUT2D eigenvalue weighted by Gasteiger charge is 2.30. The highest BCUT2D eigenvalue weighted by molar-refractivity contribution is 5.98. The van der Waals surface area contributed by atoms with Crippen LogP contribution in [0.25, 0.3) is 11.5 Å². The number of alkyl halides is 2. The van der Waals surface area contributed by atoms with Crippen LogP contribution in [0.2, 0.25) is 0 Å². The van der Waals surface area contributed by atoms with E-state index in [0.29, 0.717) is 29.9 Å². The van der Waals surface area contributed by atoms with Crippen molar-refractivity contribution in [1.82, 2.24) is 29.9 Å². The number of aromatic nitrogens is 5. The van der Waals surface area contributed by atoms with Crippen molar-refractivity contribution in [2.24, 2.45) is 7.05 Å². The highest BCUT2D eigenvalue weighted by atomic mass is 19.3. The van der Waals surface area contributed by atoms with E-state index in [1.807, 2.05) is 6.20 Å². The monoisotopic (exact) mass is 346 g/mol. The van der Waals surface area contributed by atoms with Gasteiger partial charge in [0.05, 0.1) is 29.6 Å². The van der Waals surface area contributed by atoms with Crippen molar-refractivity contribution in [3.63, 3.8) is 0 Å². The zero-order chi connectivity index (χ0) is 17.6. The summed E-state index contributed by atoms with van der Waals surface area (Å²) in [7, 11) is 1.80. The average molecular weight is 346 g/mol. The van der Waals surface area contributed by atoms with Gasteiger partial charge in [0.1, 0.15) is 0 Å². The van der Waals surface area contributed by atoms with Crippen LogP contribution < -0.4 is 0 Å². The van der Waals surface area contributed by atoms with Crippen LogP contribution in [0, 0.1) is 0 Å². The molecule has 0 bridgehead atoms. The maximum atomic E-state index is 12.6. The second kappa shape index (κ2) is 5.72. The summed E-state index contributed by atoms with van der Waals surface area (Å²) < 4.78 is 31.7. The summed E-state index contributed by atoms with van der Waals surface area (Å²) in [6, 6.07) is 1.54. The maximum absolute atomic E-state index is 12.6. The number of carbonyl (C=O) groups excluding carboxylic acids is 1. The van der Waals surface area contributed by atoms with Gasteiger partial charge < -0.3 is 9.32 Å². The molecule has 0 saturated heterocycles. The minimum Gasteiger partial charge on any atom is -0.415 e. The molecule has 3 aromatic heterocycles. The number of aryl methyl sites for hydroxylation is 1. The molecular weight excluding hydrogens is 334 g/mol. The van der Waals surface area contributed by atoms with E-state index in [-0.39, 0.29) is 11.8 Å². The van der Waals surface area contributed by atoms with Crippen LogP contribution in [0.5, 0.6) is 0 Å². The molecule has 8 nitrogen and oxygen atoms in total. The number of carbonyl (C=O) groups is 1. The van der Waals surface area contributed by atoms with Crippen LogP contribution in [0.1, 0.15) is 33.9 Å². The van der Waals surface area contributed by atoms with Crippen LogP contribution in [-0.4, -0.2) is 35.8 Å². The normalized spacial score (nSPS) is 13.8. The lowest BCUT2D eigenvalue weighted by atomic mass is 10.1. The molecule has 0 radical (unpaired) electrons. The predicted molar refractivity (Wildman–Crippen MR) is 79.3 cm³/mol. The van der Waals surface area contributed by atoms with Crippen molar-refractivity contribution in [3.8, 4) is 11.5 Å². The van der Waals surface area contributed by atoms with Gasteiger partial charge in [-0.05, 0) is 6.07 Å². The van der Waals surface area contributed by atoms with Gasteiger partial charge in [-0.2, -0.15) is 13.9 Å². The van der Waals surface area contributed by atoms with Gasteiger partial charge in [-0.25, -0.2) is 0 Å². The van der Waals surface area contributed by atoms with Gasteiger partial charge in [-0.1, -0.05) is 0 Å². The number of hydrogen-bond donors (Lipinski definition) is 0. The summed E-state index contributed by atoms with van der Waals surface area (Å²) in [5, 5.41) is 10.9. The molecule has 0 atom stereocenters. The molecule has 3 aromatic rings. The van der Waals surface area contributed by atoms with Gasteiger partial charge in [0.25, 0.3) is 11.8 Å². The Labute approximate surface area is 140 Å². The molecule has 1 aliphatic rings. The zero-order valence-electron chi connectivity index (χ0n) is 13.1. The molecule has 0 saturated carbocycles. The number of rotatable bonds is 4. The van der Waals surface area contributed by atoms with Gasteiger partial charge in [0, 0.05) is 31.5 Å². The molecule has 0 aliphatic carbocycles. The molecule has 4 rings (SSSR count). The van der Waals surface area contributed by atoms with Gasteiger partial charge in [-0.15, -0.1) is 10.2 Å². The minimum atomic E-state index is -2.85. The molecule has 0 aromatic carbocycles. The Hall–Kier alpha value is -3.17. The van der Waals surface area contributed by atoms with E-state index >= 15 is 0 Å². The number of hydrogen-bond acceptors (Lipinski definition) is 6. The quantitative estimate of drug-likeness (QED) is 0.717. The SMILES string of the molecule is Cn1cc(CN2Cc3ncc(-c4nnc(C(F)F)o4)cc3C2=O)cn1. The van der Waals surface area contributed by atoms with Crippen molar-refractivity contribution < 1.29 is 18.0 Å². The van der Waals surface area contributed by atoms with E-state index in [1.54, 1.807) is 22.8 Å². The van der Waals surface area contributed by atoms with Crippen molar-refractivity contribution in [1.29, 1.82) is 0 Å². The molecule has 10 heteroatoms. The number of nitrogens with zero attached hydrogens (tertiary/aromatic N) is 6. The summed E-state index contributed by atoms with van der Waals surface area (Å²) in [4.78, 5) is 18.5. The molecule has 1 amide bonds. The van der Waals surface area contributed by atoms with E-state index in [2.05, 4.69) is 20.3 Å². The second-order valence-corrected chi connectivity index (χ2v) is 5.65. The smallest absolute Gasteiger partial charge is 0.314 e. The van der Waals surface area contributed by atoms with Crippen LogP contribution in [0.3, 0.4) is 0 Å². The van der Waals surface area contributed by atoms with Crippen LogP contribution in [0.4, 0.5) is 8.78 Å². The van der Waals surface area contributed by atoms with Gasteiger partial charge in [0.15, 0.2) is 0 Å². The lowest BCUT2D eigenvalue weighted by molar-refractivity contribution is 0.0766. The molecule has 4 heterocycles. The van der Waals surface area contributed by atoms with Gasteiger partial charge in [0.2, 0.25) is 5.89 Å². The summed E-state index contributed by atoms with van der Waals surface area (Å²) in [6.45, 7) is 0.782. The molecule has 0 unspecified atom stereocenters. The summed E-state index contributed by atoms with van der Waals surface area (Å²) in [6.07, 6.45) is 2.11. The lowest BCUT2D eigenvalue weighted by Gasteiger charge is -2.13. The first kappa shape index (κ1) is 15.4. The van der Waals surface area contributed by atoms with E-state index in [0.717, 1.165) is 5.56 Å². The molecule has 0 N–H and O–H groups in total. The average Bonchev–Trinajstić information content (AvgIpc) is 3.29. The second-order valence-electron chi connectivity index (χ2n) is 5.65. The van der Waals surface area contributed by atoms with Crippen LogP contribution in [-0.2, 0) is 20.1 Å². The number of halogens is 2. The van der Waals surface area contributed by atoms with E-state index in [4.69, 9.17) is 4.42 Å². The van der Waals surface area contributed by atoms with Crippen LogP contribution in [0.15, 0.2) is 29.1 Å². The van der Waals surface area contributed by atoms with Crippen molar-refractivity contribution in [2.75, 3.05) is 0 Å². The minimum absolute atomic E-state index is 0.0934. The van der Waals surface area contributed by atoms with Crippen molar-refractivity contribution in [3.05, 3.63) is 47.4 Å². The number of pyridine rings is 1. The first-order valence-electron chi connectivity index (χ1n) is 7.39. The molecule has 0 spiro atoms. The Morgan fingerprint density at radius 2 is 2.16 bits per heavy atom. The maximum Gasteiger partial charge on any atom is 0.314 e. The molecular formula is C15H12F2N6O2. The third-order valence-corrected chi connectivity index (χ3v) is 3.83. The highest BCUT2D eigenvalue weighted by Crippen LogP contribution is 2.28. The first-order valence-corrected chi connectivity index (χ1v) is 7.39. The fraction of sp³-hybridized carbons (Fsp3) is 0.267. The lowest BCUT2D eigenvalue weighted by Crippen LogP contribution is -2.23. The van der Waals surface area contributed by atoms with E-state index < -0.39 is 12.3 Å². The Kier molecular flexibility index (Phi) is 3.52. The third-order valence-electron chi connectivity index (χ3n) is 3.83. The Bertz CT molecular complexity index is 951. The molecule has 25 heavy (non-hydrogen) atoms. The van der Waals surface area contributed by atoms with E-state index in [9.17, 15) is 13.6 Å². The number of fused-ring (bicyclic) bond motifs is 1. The van der Waals surface area contributed by atoms with Gasteiger partial charge >= 0.3 is 6.43 Å². The summed E-state index contributed by atoms with van der Waals surface area (Å²) in [5.41, 5.74) is 2.25. The Morgan fingerprint density at radius 3 is 2.84 bits per heavy atom. The first-order chi connectivity index (χ1) is 12.0. The predicted octanol–water partition coefficient (Wildman–Crippen LogP) is 1.96. The Balaban J connectivity index is 1.59. The summed E-state index contributed by atoms with van der Waals surface area (Å²) in [5.74, 6) is -1.05. The van der Waals surface area contributed by atoms with Gasteiger partial charge in [-0.3, -0.25) is 14.5 Å².